The van der Waals surface area contributed by atoms with Gasteiger partial charge in [-0.25, -0.2) is 15.0 Å². The number of hydrogen-bond donors (Lipinski definition) is 1. The average molecular weight is 629 g/mol. The second-order valence-corrected chi connectivity index (χ2v) is 11.6. The molecule has 2 aliphatic rings. The summed E-state index contributed by atoms with van der Waals surface area (Å²) in [6.45, 7) is 4.87. The first-order valence-electron chi connectivity index (χ1n) is 14.3. The number of benzene rings is 1. The highest BCUT2D eigenvalue weighted by atomic mass is 35.5. The van der Waals surface area contributed by atoms with E-state index >= 15 is 0 Å². The van der Waals surface area contributed by atoms with E-state index in [1.54, 1.807) is 23.4 Å². The predicted molar refractivity (Wildman–Crippen MR) is 164 cm³/mol. The van der Waals surface area contributed by atoms with Crippen molar-refractivity contribution >= 4 is 41.0 Å². The first kappa shape index (κ1) is 30.9. The quantitative estimate of drug-likeness (QED) is 0.347. The van der Waals surface area contributed by atoms with Crippen molar-refractivity contribution in [1.29, 1.82) is 0 Å². The first-order valence-corrected chi connectivity index (χ1v) is 15.0. The molecule has 0 bridgehead atoms. The Labute approximate surface area is 260 Å². The summed E-state index contributed by atoms with van der Waals surface area (Å²) in [4.78, 5) is 43.5. The lowest BCUT2D eigenvalue weighted by molar-refractivity contribution is -0.142. The summed E-state index contributed by atoms with van der Waals surface area (Å²) in [5.41, 5.74) is 7.96. The van der Waals surface area contributed by atoms with E-state index in [0.717, 1.165) is 37.1 Å². The molecule has 43 heavy (non-hydrogen) atoms. The van der Waals surface area contributed by atoms with Crippen molar-refractivity contribution in [2.45, 2.75) is 25.8 Å². The molecule has 0 aliphatic carbocycles. The lowest BCUT2D eigenvalue weighted by Crippen LogP contribution is -2.50. The van der Waals surface area contributed by atoms with Crippen molar-refractivity contribution < 1.29 is 19.1 Å². The van der Waals surface area contributed by atoms with E-state index in [2.05, 4.69) is 14.9 Å². The number of carbonyl (C=O) groups is 2. The van der Waals surface area contributed by atoms with Crippen LogP contribution in [0.3, 0.4) is 0 Å². The maximum atomic E-state index is 11.9. The summed E-state index contributed by atoms with van der Waals surface area (Å²) in [7, 11) is 1.43. The minimum absolute atomic E-state index is 0.0133. The molecule has 0 saturated carbocycles. The van der Waals surface area contributed by atoms with E-state index in [9.17, 15) is 9.59 Å². The van der Waals surface area contributed by atoms with Crippen LogP contribution in [0, 0.1) is 5.92 Å². The van der Waals surface area contributed by atoms with Gasteiger partial charge in [-0.1, -0.05) is 23.2 Å². The molecule has 1 amide bonds. The zero-order valence-electron chi connectivity index (χ0n) is 24.0. The lowest BCUT2D eigenvalue weighted by atomic mass is 9.93. The van der Waals surface area contributed by atoms with Crippen molar-refractivity contribution in [2.24, 2.45) is 11.7 Å². The van der Waals surface area contributed by atoms with E-state index < -0.39 is 0 Å². The molecule has 2 aliphatic heterocycles. The topological polar surface area (TPSA) is 127 Å². The molecular weight excluding hydrogens is 593 g/mol. The number of rotatable bonds is 9. The van der Waals surface area contributed by atoms with Crippen molar-refractivity contribution in [3.63, 3.8) is 0 Å². The van der Waals surface area contributed by atoms with Crippen molar-refractivity contribution in [3.05, 3.63) is 58.3 Å². The van der Waals surface area contributed by atoms with Gasteiger partial charge in [0.1, 0.15) is 0 Å². The Morgan fingerprint density at radius 3 is 2.26 bits per heavy atom. The molecular formula is C30H35Cl2N7O4. The number of amides is 1. The Kier molecular flexibility index (Phi) is 10.3. The Balaban J connectivity index is 1.30. The summed E-state index contributed by atoms with van der Waals surface area (Å²) in [5, 5.41) is 1.03. The number of anilines is 1. The van der Waals surface area contributed by atoms with Crippen LogP contribution in [0.4, 0.5) is 5.95 Å². The minimum Gasteiger partial charge on any atom is -0.469 e. The molecule has 4 heterocycles. The maximum Gasteiger partial charge on any atom is 0.305 e. The molecule has 0 spiro atoms. The van der Waals surface area contributed by atoms with Crippen molar-refractivity contribution in [2.75, 3.05) is 57.8 Å². The molecule has 2 N–H and O–H groups in total. The fourth-order valence-corrected chi connectivity index (χ4v) is 5.94. The van der Waals surface area contributed by atoms with Crippen LogP contribution >= 0.6 is 23.2 Å². The van der Waals surface area contributed by atoms with E-state index in [0.29, 0.717) is 78.4 Å². The highest BCUT2D eigenvalue weighted by Gasteiger charge is 2.23. The summed E-state index contributed by atoms with van der Waals surface area (Å²) in [5.74, 6) is 1.54. The fourth-order valence-electron chi connectivity index (χ4n) is 5.41. The zero-order chi connectivity index (χ0) is 30.3. The van der Waals surface area contributed by atoms with E-state index in [1.165, 1.54) is 7.11 Å². The Morgan fingerprint density at radius 2 is 1.63 bits per heavy atom. The molecule has 5 rings (SSSR count). The van der Waals surface area contributed by atoms with Crippen LogP contribution in [0.15, 0.2) is 42.7 Å². The third-order valence-corrected chi connectivity index (χ3v) is 8.18. The van der Waals surface area contributed by atoms with Crippen molar-refractivity contribution in [1.82, 2.24) is 24.8 Å². The second kappa shape index (κ2) is 14.3. The number of halogens is 2. The number of piperidine rings is 1. The van der Waals surface area contributed by atoms with Crippen LogP contribution in [-0.2, 0) is 20.9 Å². The molecule has 13 heteroatoms. The predicted octanol–water partition coefficient (Wildman–Crippen LogP) is 4.02. The molecule has 11 nitrogen and oxygen atoms in total. The van der Waals surface area contributed by atoms with Gasteiger partial charge in [0.05, 0.1) is 31.7 Å². The zero-order valence-corrected chi connectivity index (χ0v) is 25.6. The summed E-state index contributed by atoms with van der Waals surface area (Å²) in [6.07, 6.45) is 5.57. The molecule has 228 valence electrons. The van der Waals surface area contributed by atoms with E-state index in [-0.39, 0.29) is 18.4 Å². The van der Waals surface area contributed by atoms with Gasteiger partial charge in [-0.3, -0.25) is 14.5 Å². The van der Waals surface area contributed by atoms with Gasteiger partial charge in [0, 0.05) is 60.8 Å². The molecule has 3 aromatic rings. The van der Waals surface area contributed by atoms with Gasteiger partial charge in [0.25, 0.3) is 0 Å². The first-order chi connectivity index (χ1) is 20.8. The second-order valence-electron chi connectivity index (χ2n) is 10.7. The Morgan fingerprint density at radius 1 is 0.953 bits per heavy atom. The summed E-state index contributed by atoms with van der Waals surface area (Å²) < 4.78 is 11.0. The standard InChI is InChI=1S/C30H35Cl2N7O4/c1-42-29(41)12-20-2-4-37(5-3-20)19-21-10-26(22-13-23(31)15-24(32)14-22)36-27(11-21)43-25-17-34-30(35-18-25)39-8-6-38(7-9-39)28(40)16-33/h10-11,13-15,17-18,20H,2-9,12,16,19,33H2,1H3. The molecule has 0 radical (unpaired) electrons. The van der Waals surface area contributed by atoms with Gasteiger partial charge in [-0.15, -0.1) is 0 Å². The minimum atomic E-state index is -0.155. The molecule has 0 atom stereocenters. The van der Waals surface area contributed by atoms with Gasteiger partial charge in [0.2, 0.25) is 17.7 Å². The fraction of sp³-hybridized carbons (Fsp3) is 0.433. The van der Waals surface area contributed by atoms with Gasteiger partial charge < -0.3 is 25.0 Å². The van der Waals surface area contributed by atoms with Gasteiger partial charge in [-0.05, 0) is 61.7 Å². The number of carbonyl (C=O) groups excluding carboxylic acids is 2. The third kappa shape index (κ3) is 8.32. The largest absolute Gasteiger partial charge is 0.469 e. The molecule has 2 fully saturated rings. The summed E-state index contributed by atoms with van der Waals surface area (Å²) >= 11 is 12.6. The van der Waals surface area contributed by atoms with E-state index in [4.69, 9.17) is 43.4 Å². The molecule has 1 aromatic carbocycles. The molecule has 0 unspecified atom stereocenters. The Hall–Kier alpha value is -3.51. The number of esters is 1. The van der Waals surface area contributed by atoms with Crippen molar-refractivity contribution in [3.8, 4) is 22.9 Å². The van der Waals surface area contributed by atoms with Crippen LogP contribution in [0.2, 0.25) is 10.0 Å². The number of pyridine rings is 1. The number of methoxy groups -OCH3 is 1. The number of aromatic nitrogens is 3. The number of likely N-dealkylation sites (tertiary alicyclic amines) is 1. The van der Waals surface area contributed by atoms with Crippen LogP contribution in [0.1, 0.15) is 24.8 Å². The van der Waals surface area contributed by atoms with Gasteiger partial charge >= 0.3 is 5.97 Å². The van der Waals surface area contributed by atoms with Crippen LogP contribution < -0.4 is 15.4 Å². The van der Waals surface area contributed by atoms with Gasteiger partial charge in [0.15, 0.2) is 5.75 Å². The normalized spacial score (nSPS) is 16.3. The number of nitrogens with two attached hydrogens (primary N) is 1. The summed E-state index contributed by atoms with van der Waals surface area (Å²) in [6, 6.07) is 9.25. The molecule has 2 saturated heterocycles. The average Bonchev–Trinajstić information content (AvgIpc) is 3.01. The van der Waals surface area contributed by atoms with E-state index in [1.807, 2.05) is 29.2 Å². The van der Waals surface area contributed by atoms with Crippen LogP contribution in [0.5, 0.6) is 11.6 Å². The number of ether oxygens (including phenoxy) is 2. The Bertz CT molecular complexity index is 1410. The van der Waals surface area contributed by atoms with Crippen LogP contribution in [0.25, 0.3) is 11.3 Å². The van der Waals surface area contributed by atoms with Gasteiger partial charge in [-0.2, -0.15) is 0 Å². The highest BCUT2D eigenvalue weighted by molar-refractivity contribution is 6.35. The monoisotopic (exact) mass is 627 g/mol. The highest BCUT2D eigenvalue weighted by Crippen LogP contribution is 2.31. The third-order valence-electron chi connectivity index (χ3n) is 7.74. The molecule has 2 aromatic heterocycles. The maximum absolute atomic E-state index is 11.9. The smallest absolute Gasteiger partial charge is 0.305 e. The SMILES string of the molecule is COC(=O)CC1CCN(Cc2cc(Oc3cnc(N4CCN(C(=O)CN)CC4)nc3)nc(-c3cc(Cl)cc(Cl)c3)c2)CC1. The van der Waals surface area contributed by atoms with Crippen LogP contribution in [-0.4, -0.2) is 89.6 Å². The lowest BCUT2D eigenvalue weighted by Gasteiger charge is -2.34. The number of hydrogen-bond acceptors (Lipinski definition) is 10. The number of nitrogens with zero attached hydrogens (tertiary/aromatic N) is 6. The number of piperazine rings is 1.